The summed E-state index contributed by atoms with van der Waals surface area (Å²) in [6.07, 6.45) is 13.0. The maximum absolute atomic E-state index is 3.76. The Bertz CT molecular complexity index is 116. The number of hydrogen-bond acceptors (Lipinski definition) is 0. The second kappa shape index (κ2) is 6.86. The van der Waals surface area contributed by atoms with E-state index in [9.17, 15) is 0 Å². The maximum atomic E-state index is 3.76. The van der Waals surface area contributed by atoms with E-state index in [1.807, 2.05) is 0 Å². The first kappa shape index (κ1) is 11.6. The molecule has 0 aromatic heterocycles. The molecule has 0 amide bonds. The zero-order valence-corrected chi connectivity index (χ0v) is 10.5. The first-order chi connectivity index (χ1) is 6.33. The lowest BCUT2D eigenvalue weighted by molar-refractivity contribution is 0.330. The second-order valence-electron chi connectivity index (χ2n) is 4.47. The highest BCUT2D eigenvalue weighted by Gasteiger charge is 2.14. The summed E-state index contributed by atoms with van der Waals surface area (Å²) in [7, 11) is 0. The molecule has 0 nitrogen and oxygen atoms in total. The standard InChI is InChI=1S/C12H23Br/c1-2-6-12(13)10-9-11-7-4-3-5-8-11/h11-12H,2-10H2,1H3. The minimum atomic E-state index is 0.791. The monoisotopic (exact) mass is 246 g/mol. The topological polar surface area (TPSA) is 0 Å². The van der Waals surface area contributed by atoms with Crippen LogP contribution < -0.4 is 0 Å². The zero-order chi connectivity index (χ0) is 9.52. The predicted molar refractivity (Wildman–Crippen MR) is 63.4 cm³/mol. The van der Waals surface area contributed by atoms with Gasteiger partial charge in [-0.1, -0.05) is 61.4 Å². The second-order valence-corrected chi connectivity index (χ2v) is 5.76. The summed E-state index contributed by atoms with van der Waals surface area (Å²) in [6.45, 7) is 2.27. The number of hydrogen-bond donors (Lipinski definition) is 0. The smallest absolute Gasteiger partial charge is 0.0145 e. The third-order valence-corrected chi connectivity index (χ3v) is 4.13. The molecular formula is C12H23Br. The van der Waals surface area contributed by atoms with Crippen LogP contribution in [0.3, 0.4) is 0 Å². The molecule has 0 bridgehead atoms. The molecule has 1 fully saturated rings. The molecule has 0 saturated heterocycles. The summed E-state index contributed by atoms with van der Waals surface area (Å²) < 4.78 is 0. The molecule has 0 radical (unpaired) electrons. The molecule has 0 aromatic carbocycles. The van der Waals surface area contributed by atoms with Gasteiger partial charge in [0, 0.05) is 4.83 Å². The van der Waals surface area contributed by atoms with Crippen molar-refractivity contribution in [3.63, 3.8) is 0 Å². The van der Waals surface area contributed by atoms with Gasteiger partial charge in [-0.2, -0.15) is 0 Å². The van der Waals surface area contributed by atoms with Crippen molar-refractivity contribution >= 4 is 15.9 Å². The molecule has 1 aliphatic carbocycles. The van der Waals surface area contributed by atoms with Crippen molar-refractivity contribution in [2.24, 2.45) is 5.92 Å². The average molecular weight is 247 g/mol. The van der Waals surface area contributed by atoms with Crippen LogP contribution in [0.25, 0.3) is 0 Å². The van der Waals surface area contributed by atoms with Crippen molar-refractivity contribution in [2.45, 2.75) is 69.5 Å². The molecule has 78 valence electrons. The zero-order valence-electron chi connectivity index (χ0n) is 8.90. The summed E-state index contributed by atoms with van der Waals surface area (Å²) in [5.74, 6) is 1.06. The molecule has 1 unspecified atom stereocenters. The van der Waals surface area contributed by atoms with Crippen molar-refractivity contribution < 1.29 is 0 Å². The summed E-state index contributed by atoms with van der Waals surface area (Å²) in [5, 5.41) is 0. The summed E-state index contributed by atoms with van der Waals surface area (Å²) in [6, 6.07) is 0. The SMILES string of the molecule is CCCC(Br)CCC1CCCCC1. The number of alkyl halides is 1. The fraction of sp³-hybridized carbons (Fsp3) is 1.00. The Hall–Kier alpha value is 0.480. The molecule has 1 rings (SSSR count). The maximum Gasteiger partial charge on any atom is 0.0145 e. The summed E-state index contributed by atoms with van der Waals surface area (Å²) in [4.78, 5) is 0.791. The van der Waals surface area contributed by atoms with Gasteiger partial charge < -0.3 is 0 Å². The summed E-state index contributed by atoms with van der Waals surface area (Å²) >= 11 is 3.76. The van der Waals surface area contributed by atoms with Gasteiger partial charge in [-0.05, 0) is 25.2 Å². The molecular weight excluding hydrogens is 224 g/mol. The molecule has 1 atom stereocenters. The third kappa shape index (κ3) is 5.05. The molecule has 1 aliphatic rings. The van der Waals surface area contributed by atoms with Crippen molar-refractivity contribution in [2.75, 3.05) is 0 Å². The molecule has 0 aliphatic heterocycles. The third-order valence-electron chi connectivity index (χ3n) is 3.21. The van der Waals surface area contributed by atoms with Crippen LogP contribution in [0.4, 0.5) is 0 Å². The van der Waals surface area contributed by atoms with Gasteiger partial charge in [0.25, 0.3) is 0 Å². The van der Waals surface area contributed by atoms with Crippen LogP contribution in [-0.2, 0) is 0 Å². The predicted octanol–water partition coefficient (Wildman–Crippen LogP) is 4.91. The normalized spacial score (nSPS) is 21.7. The Balaban J connectivity index is 2.03. The van der Waals surface area contributed by atoms with Crippen LogP contribution in [0.5, 0.6) is 0 Å². The Kier molecular flexibility index (Phi) is 6.10. The van der Waals surface area contributed by atoms with Crippen LogP contribution in [0.2, 0.25) is 0 Å². The molecule has 1 saturated carbocycles. The Morgan fingerprint density at radius 3 is 2.46 bits per heavy atom. The van der Waals surface area contributed by atoms with E-state index in [0.717, 1.165) is 10.7 Å². The van der Waals surface area contributed by atoms with E-state index in [1.54, 1.807) is 0 Å². The fourth-order valence-electron chi connectivity index (χ4n) is 2.35. The van der Waals surface area contributed by atoms with Crippen LogP contribution in [0, 0.1) is 5.92 Å². The van der Waals surface area contributed by atoms with Crippen LogP contribution in [0.1, 0.15) is 64.7 Å². The quantitative estimate of drug-likeness (QED) is 0.605. The first-order valence-electron chi connectivity index (χ1n) is 5.97. The van der Waals surface area contributed by atoms with Gasteiger partial charge >= 0.3 is 0 Å². The van der Waals surface area contributed by atoms with Crippen molar-refractivity contribution in [3.8, 4) is 0 Å². The van der Waals surface area contributed by atoms with E-state index in [-0.39, 0.29) is 0 Å². The van der Waals surface area contributed by atoms with Gasteiger partial charge in [-0.25, -0.2) is 0 Å². The van der Waals surface area contributed by atoms with Crippen molar-refractivity contribution in [1.82, 2.24) is 0 Å². The van der Waals surface area contributed by atoms with Crippen LogP contribution in [-0.4, -0.2) is 4.83 Å². The first-order valence-corrected chi connectivity index (χ1v) is 6.88. The molecule has 1 heteroatoms. The minimum absolute atomic E-state index is 0.791. The van der Waals surface area contributed by atoms with E-state index in [4.69, 9.17) is 0 Å². The van der Waals surface area contributed by atoms with Crippen molar-refractivity contribution in [3.05, 3.63) is 0 Å². The number of rotatable bonds is 5. The number of halogens is 1. The highest BCUT2D eigenvalue weighted by molar-refractivity contribution is 9.09. The van der Waals surface area contributed by atoms with Crippen LogP contribution >= 0.6 is 15.9 Å². The Morgan fingerprint density at radius 1 is 1.15 bits per heavy atom. The average Bonchev–Trinajstić information content (AvgIpc) is 2.17. The van der Waals surface area contributed by atoms with Crippen LogP contribution in [0.15, 0.2) is 0 Å². The Labute approximate surface area is 91.6 Å². The largest absolute Gasteiger partial charge is 0.0891 e. The van der Waals surface area contributed by atoms with E-state index in [0.29, 0.717) is 0 Å². The lowest BCUT2D eigenvalue weighted by Crippen LogP contribution is -2.08. The highest BCUT2D eigenvalue weighted by atomic mass is 79.9. The summed E-state index contributed by atoms with van der Waals surface area (Å²) in [5.41, 5.74) is 0. The lowest BCUT2D eigenvalue weighted by Gasteiger charge is -2.22. The van der Waals surface area contributed by atoms with Gasteiger partial charge in [0.2, 0.25) is 0 Å². The van der Waals surface area contributed by atoms with E-state index < -0.39 is 0 Å². The fourth-order valence-corrected chi connectivity index (χ4v) is 3.07. The minimum Gasteiger partial charge on any atom is -0.0891 e. The van der Waals surface area contributed by atoms with Gasteiger partial charge in [-0.15, -0.1) is 0 Å². The van der Waals surface area contributed by atoms with Gasteiger partial charge in [0.05, 0.1) is 0 Å². The molecule has 0 N–H and O–H groups in total. The van der Waals surface area contributed by atoms with Crippen molar-refractivity contribution in [1.29, 1.82) is 0 Å². The molecule has 0 heterocycles. The van der Waals surface area contributed by atoms with Gasteiger partial charge in [0.1, 0.15) is 0 Å². The molecule has 0 spiro atoms. The molecule has 0 aromatic rings. The van der Waals surface area contributed by atoms with Gasteiger partial charge in [-0.3, -0.25) is 0 Å². The molecule has 13 heavy (non-hydrogen) atoms. The van der Waals surface area contributed by atoms with Gasteiger partial charge in [0.15, 0.2) is 0 Å². The highest BCUT2D eigenvalue weighted by Crippen LogP contribution is 2.29. The van der Waals surface area contributed by atoms with E-state index in [1.165, 1.54) is 57.8 Å². The van der Waals surface area contributed by atoms with E-state index in [2.05, 4.69) is 22.9 Å². The van der Waals surface area contributed by atoms with E-state index >= 15 is 0 Å². The lowest BCUT2D eigenvalue weighted by atomic mass is 9.85. The Morgan fingerprint density at radius 2 is 1.85 bits per heavy atom.